The molecule has 7 nitrogen and oxygen atoms in total. The molecule has 2 amide bonds. The molecular formula is C19H26N2O5. The lowest BCUT2D eigenvalue weighted by Gasteiger charge is -2.24. The third-order valence-electron chi connectivity index (χ3n) is 4.29. The van der Waals surface area contributed by atoms with Crippen LogP contribution in [-0.2, 0) is 14.3 Å². The molecule has 0 aliphatic carbocycles. The first-order valence-electron chi connectivity index (χ1n) is 8.96. The molecule has 1 fully saturated rings. The predicted octanol–water partition coefficient (Wildman–Crippen LogP) is 1.76. The van der Waals surface area contributed by atoms with E-state index in [0.717, 1.165) is 25.7 Å². The summed E-state index contributed by atoms with van der Waals surface area (Å²) < 4.78 is 10.0. The Balaban J connectivity index is 1.72. The molecule has 0 bridgehead atoms. The van der Waals surface area contributed by atoms with Gasteiger partial charge in [-0.3, -0.25) is 14.4 Å². The summed E-state index contributed by atoms with van der Waals surface area (Å²) in [5, 5.41) is 2.48. The minimum Gasteiger partial charge on any atom is -0.497 e. The molecule has 1 aliphatic heterocycles. The first kappa shape index (κ1) is 19.8. The van der Waals surface area contributed by atoms with Gasteiger partial charge in [-0.05, 0) is 31.0 Å². The number of hydrogen-bond acceptors (Lipinski definition) is 5. The Hall–Kier alpha value is -2.57. The molecule has 7 heteroatoms. The van der Waals surface area contributed by atoms with Crippen molar-refractivity contribution in [2.24, 2.45) is 0 Å². The molecule has 0 radical (unpaired) electrons. The lowest BCUT2D eigenvalue weighted by molar-refractivity contribution is -0.151. The van der Waals surface area contributed by atoms with Crippen LogP contribution >= 0.6 is 0 Å². The van der Waals surface area contributed by atoms with Crippen LogP contribution in [0, 0.1) is 0 Å². The second kappa shape index (κ2) is 10.4. The molecule has 0 saturated carbocycles. The third-order valence-corrected chi connectivity index (χ3v) is 4.29. The van der Waals surface area contributed by atoms with E-state index >= 15 is 0 Å². The van der Waals surface area contributed by atoms with E-state index in [1.807, 2.05) is 0 Å². The molecule has 0 unspecified atom stereocenters. The number of nitrogens with one attached hydrogen (secondary N) is 1. The Bertz CT molecular complexity index is 624. The summed E-state index contributed by atoms with van der Waals surface area (Å²) in [5.74, 6) is -0.670. The van der Waals surface area contributed by atoms with Crippen molar-refractivity contribution in [2.75, 3.05) is 33.4 Å². The van der Waals surface area contributed by atoms with E-state index in [0.29, 0.717) is 24.4 Å². The molecule has 0 spiro atoms. The van der Waals surface area contributed by atoms with Crippen LogP contribution in [0.5, 0.6) is 5.75 Å². The fourth-order valence-electron chi connectivity index (χ4n) is 2.80. The van der Waals surface area contributed by atoms with Crippen molar-refractivity contribution in [2.45, 2.75) is 32.1 Å². The fourth-order valence-corrected chi connectivity index (χ4v) is 2.80. The molecule has 26 heavy (non-hydrogen) atoms. The molecule has 0 aromatic heterocycles. The van der Waals surface area contributed by atoms with Crippen LogP contribution in [0.1, 0.15) is 42.5 Å². The Morgan fingerprint density at radius 3 is 2.46 bits per heavy atom. The third kappa shape index (κ3) is 6.38. The summed E-state index contributed by atoms with van der Waals surface area (Å²) in [4.78, 5) is 37.7. The Kier molecular flexibility index (Phi) is 7.92. The molecule has 142 valence electrons. The van der Waals surface area contributed by atoms with Gasteiger partial charge in [-0.15, -0.1) is 0 Å². The highest BCUT2D eigenvalue weighted by molar-refractivity contribution is 5.96. The quantitative estimate of drug-likeness (QED) is 0.780. The Morgan fingerprint density at radius 2 is 1.77 bits per heavy atom. The summed E-state index contributed by atoms with van der Waals surface area (Å²) >= 11 is 0. The Morgan fingerprint density at radius 1 is 1.08 bits per heavy atom. The van der Waals surface area contributed by atoms with Crippen molar-refractivity contribution >= 4 is 17.8 Å². The number of hydrogen-bond donors (Lipinski definition) is 1. The van der Waals surface area contributed by atoms with Crippen LogP contribution in [0.2, 0.25) is 0 Å². The molecule has 1 aromatic carbocycles. The fraction of sp³-hybridized carbons (Fsp3) is 0.526. The zero-order chi connectivity index (χ0) is 18.8. The van der Waals surface area contributed by atoms with Gasteiger partial charge >= 0.3 is 5.97 Å². The molecule has 1 heterocycles. The van der Waals surface area contributed by atoms with Gasteiger partial charge in [-0.2, -0.15) is 0 Å². The molecule has 1 aromatic rings. The van der Waals surface area contributed by atoms with Crippen LogP contribution in [0.4, 0.5) is 0 Å². The van der Waals surface area contributed by atoms with Gasteiger partial charge < -0.3 is 19.7 Å². The number of rotatable bonds is 6. The summed E-state index contributed by atoms with van der Waals surface area (Å²) in [6.07, 6.45) is 5.43. The standard InChI is InChI=1S/C19H26N2O5/c1-25-16-9-7-8-15(12-16)19(24)20-13-18(23)26-14-17(22)21-10-5-3-2-4-6-11-21/h7-9,12H,2-6,10-11,13-14H2,1H3,(H,20,24). The van der Waals surface area contributed by atoms with E-state index in [2.05, 4.69) is 5.32 Å². The van der Waals surface area contributed by atoms with Crippen molar-refractivity contribution in [3.63, 3.8) is 0 Å². The molecule has 1 N–H and O–H groups in total. The number of nitrogens with zero attached hydrogens (tertiary/aromatic N) is 1. The molecule has 0 atom stereocenters. The van der Waals surface area contributed by atoms with Gasteiger partial charge in [-0.25, -0.2) is 0 Å². The highest BCUT2D eigenvalue weighted by Gasteiger charge is 2.17. The lowest BCUT2D eigenvalue weighted by Crippen LogP contribution is -2.38. The number of likely N-dealkylation sites (tertiary alicyclic amines) is 1. The monoisotopic (exact) mass is 362 g/mol. The number of esters is 1. The van der Waals surface area contributed by atoms with Gasteiger partial charge in [0.2, 0.25) is 0 Å². The number of carbonyl (C=O) groups excluding carboxylic acids is 3. The van der Waals surface area contributed by atoms with Gasteiger partial charge in [0.25, 0.3) is 11.8 Å². The Labute approximate surface area is 153 Å². The van der Waals surface area contributed by atoms with Crippen LogP contribution in [-0.4, -0.2) is 56.0 Å². The van der Waals surface area contributed by atoms with E-state index in [-0.39, 0.29) is 19.1 Å². The summed E-state index contributed by atoms with van der Waals surface area (Å²) in [6, 6.07) is 6.61. The van der Waals surface area contributed by atoms with E-state index < -0.39 is 11.9 Å². The smallest absolute Gasteiger partial charge is 0.325 e. The van der Waals surface area contributed by atoms with Gasteiger partial charge in [0.15, 0.2) is 6.61 Å². The minimum absolute atomic E-state index is 0.181. The van der Waals surface area contributed by atoms with Gasteiger partial charge in [0.1, 0.15) is 12.3 Å². The second-order valence-corrected chi connectivity index (χ2v) is 6.22. The number of amides is 2. The largest absolute Gasteiger partial charge is 0.497 e. The van der Waals surface area contributed by atoms with Crippen molar-refractivity contribution < 1.29 is 23.9 Å². The molecule has 1 aliphatic rings. The molecule has 1 saturated heterocycles. The normalized spacial score (nSPS) is 14.7. The maximum Gasteiger partial charge on any atom is 0.325 e. The van der Waals surface area contributed by atoms with Crippen molar-refractivity contribution in [1.29, 1.82) is 0 Å². The van der Waals surface area contributed by atoms with Crippen LogP contribution in [0.25, 0.3) is 0 Å². The molecular weight excluding hydrogens is 336 g/mol. The summed E-state index contributed by atoms with van der Waals surface area (Å²) in [7, 11) is 1.51. The van der Waals surface area contributed by atoms with Crippen LogP contribution in [0.3, 0.4) is 0 Å². The average molecular weight is 362 g/mol. The topological polar surface area (TPSA) is 84.9 Å². The van der Waals surface area contributed by atoms with Gasteiger partial charge in [0.05, 0.1) is 7.11 Å². The highest BCUT2D eigenvalue weighted by Crippen LogP contribution is 2.12. The van der Waals surface area contributed by atoms with E-state index in [4.69, 9.17) is 9.47 Å². The highest BCUT2D eigenvalue weighted by atomic mass is 16.5. The summed E-state index contributed by atoms with van der Waals surface area (Å²) in [6.45, 7) is 0.850. The predicted molar refractivity (Wildman–Crippen MR) is 96.0 cm³/mol. The van der Waals surface area contributed by atoms with Gasteiger partial charge in [0, 0.05) is 18.7 Å². The summed E-state index contributed by atoms with van der Waals surface area (Å²) in [5.41, 5.74) is 0.383. The maximum absolute atomic E-state index is 12.1. The number of benzene rings is 1. The first-order valence-corrected chi connectivity index (χ1v) is 8.96. The van der Waals surface area contributed by atoms with Crippen molar-refractivity contribution in [3.8, 4) is 5.75 Å². The lowest BCUT2D eigenvalue weighted by atomic mass is 10.1. The van der Waals surface area contributed by atoms with Crippen molar-refractivity contribution in [3.05, 3.63) is 29.8 Å². The zero-order valence-electron chi connectivity index (χ0n) is 15.2. The van der Waals surface area contributed by atoms with Crippen LogP contribution < -0.4 is 10.1 Å². The van der Waals surface area contributed by atoms with Crippen molar-refractivity contribution in [1.82, 2.24) is 10.2 Å². The van der Waals surface area contributed by atoms with E-state index in [9.17, 15) is 14.4 Å². The maximum atomic E-state index is 12.1. The average Bonchev–Trinajstić information content (AvgIpc) is 2.64. The number of carbonyl (C=O) groups is 3. The zero-order valence-corrected chi connectivity index (χ0v) is 15.2. The molecule has 2 rings (SSSR count). The van der Waals surface area contributed by atoms with E-state index in [1.165, 1.54) is 13.5 Å². The second-order valence-electron chi connectivity index (χ2n) is 6.22. The number of ether oxygens (including phenoxy) is 2. The number of methoxy groups -OCH3 is 1. The first-order chi connectivity index (χ1) is 12.6. The van der Waals surface area contributed by atoms with Gasteiger partial charge in [-0.1, -0.05) is 25.3 Å². The van der Waals surface area contributed by atoms with Crippen LogP contribution in [0.15, 0.2) is 24.3 Å². The SMILES string of the molecule is COc1cccc(C(=O)NCC(=O)OCC(=O)N2CCCCCCC2)c1. The van der Waals surface area contributed by atoms with E-state index in [1.54, 1.807) is 29.2 Å². The minimum atomic E-state index is -0.637.